The number of rotatable bonds is 3. The Labute approximate surface area is 105 Å². The Kier molecular flexibility index (Phi) is 3.19. The fraction of sp³-hybridized carbons (Fsp3) is 0.667. The summed E-state index contributed by atoms with van der Waals surface area (Å²) in [6.07, 6.45) is 2.46. The smallest absolute Gasteiger partial charge is 0.135 e. The molecule has 0 atom stereocenters. The number of nitrogens with one attached hydrogen (secondary N) is 1. The van der Waals surface area contributed by atoms with Gasteiger partial charge in [0.15, 0.2) is 0 Å². The Hall–Kier alpha value is -0.640. The molecule has 0 bridgehead atoms. The van der Waals surface area contributed by atoms with E-state index in [1.807, 2.05) is 6.07 Å². The molecule has 0 radical (unpaired) electrons. The summed E-state index contributed by atoms with van der Waals surface area (Å²) >= 11 is 3.44. The zero-order valence-corrected chi connectivity index (χ0v) is 11.6. The van der Waals surface area contributed by atoms with Crippen LogP contribution < -0.4 is 5.32 Å². The van der Waals surface area contributed by atoms with Crippen LogP contribution >= 0.6 is 15.9 Å². The maximum absolute atomic E-state index is 4.55. The van der Waals surface area contributed by atoms with E-state index in [4.69, 9.17) is 0 Å². The van der Waals surface area contributed by atoms with Crippen LogP contribution in [0, 0.1) is 5.41 Å². The van der Waals surface area contributed by atoms with Gasteiger partial charge in [-0.3, -0.25) is 0 Å². The van der Waals surface area contributed by atoms with Crippen molar-refractivity contribution in [3.63, 3.8) is 0 Å². The molecule has 4 heteroatoms. The van der Waals surface area contributed by atoms with Gasteiger partial charge in [0.2, 0.25) is 0 Å². The number of aromatic nitrogens is 2. The molecule has 1 heterocycles. The summed E-state index contributed by atoms with van der Waals surface area (Å²) in [6, 6.07) is 1.94. The van der Waals surface area contributed by atoms with Gasteiger partial charge < -0.3 is 5.32 Å². The van der Waals surface area contributed by atoms with Crippen LogP contribution in [0.15, 0.2) is 10.7 Å². The third-order valence-corrected chi connectivity index (χ3v) is 2.86. The Morgan fingerprint density at radius 2 is 2.06 bits per heavy atom. The van der Waals surface area contributed by atoms with Crippen LogP contribution in [0.3, 0.4) is 0 Å². The summed E-state index contributed by atoms with van der Waals surface area (Å²) in [4.78, 5) is 8.95. The molecule has 0 spiro atoms. The van der Waals surface area contributed by atoms with E-state index in [1.54, 1.807) is 0 Å². The number of anilines is 1. The number of hydrogen-bond acceptors (Lipinski definition) is 3. The minimum absolute atomic E-state index is 0.261. The maximum Gasteiger partial charge on any atom is 0.135 e. The van der Waals surface area contributed by atoms with Gasteiger partial charge in [-0.1, -0.05) is 20.8 Å². The predicted molar refractivity (Wildman–Crippen MR) is 69.7 cm³/mol. The lowest BCUT2D eigenvalue weighted by atomic mass is 9.97. The number of nitrogens with zero attached hydrogens (tertiary/aromatic N) is 2. The zero-order valence-electron chi connectivity index (χ0n) is 10.0. The molecule has 0 aromatic carbocycles. The maximum atomic E-state index is 4.55. The molecule has 1 fully saturated rings. The van der Waals surface area contributed by atoms with Gasteiger partial charge >= 0.3 is 0 Å². The summed E-state index contributed by atoms with van der Waals surface area (Å²) in [6.45, 7) is 7.54. The molecule has 1 saturated carbocycles. The summed E-state index contributed by atoms with van der Waals surface area (Å²) in [7, 11) is 0. The molecule has 0 unspecified atom stereocenters. The molecular formula is C12H18BrN3. The molecular weight excluding hydrogens is 266 g/mol. The van der Waals surface area contributed by atoms with E-state index in [0.717, 1.165) is 22.8 Å². The van der Waals surface area contributed by atoms with E-state index in [-0.39, 0.29) is 5.41 Å². The zero-order chi connectivity index (χ0) is 11.8. The molecule has 1 aliphatic carbocycles. The van der Waals surface area contributed by atoms with E-state index < -0.39 is 0 Å². The van der Waals surface area contributed by atoms with Crippen LogP contribution in [0.2, 0.25) is 0 Å². The Bertz CT molecular complexity index is 380. The highest BCUT2D eigenvalue weighted by atomic mass is 79.9. The molecule has 3 nitrogen and oxygen atoms in total. The Morgan fingerprint density at radius 1 is 1.38 bits per heavy atom. The molecule has 1 aromatic heterocycles. The van der Waals surface area contributed by atoms with Gasteiger partial charge in [-0.15, -0.1) is 0 Å². The second-order valence-corrected chi connectivity index (χ2v) is 6.44. The quantitative estimate of drug-likeness (QED) is 0.862. The molecule has 1 aliphatic rings. The normalized spacial score (nSPS) is 16.2. The van der Waals surface area contributed by atoms with E-state index in [0.29, 0.717) is 5.92 Å². The van der Waals surface area contributed by atoms with Crippen LogP contribution in [0.5, 0.6) is 0 Å². The van der Waals surface area contributed by atoms with Gasteiger partial charge in [-0.2, -0.15) is 0 Å². The second kappa shape index (κ2) is 4.32. The first-order chi connectivity index (χ1) is 7.44. The lowest BCUT2D eigenvalue weighted by molar-refractivity contribution is 0.442. The van der Waals surface area contributed by atoms with Gasteiger partial charge in [0.25, 0.3) is 0 Å². The highest BCUT2D eigenvalue weighted by molar-refractivity contribution is 9.10. The van der Waals surface area contributed by atoms with E-state index >= 15 is 0 Å². The van der Waals surface area contributed by atoms with E-state index in [1.165, 1.54) is 12.8 Å². The van der Waals surface area contributed by atoms with Crippen molar-refractivity contribution >= 4 is 21.7 Å². The summed E-state index contributed by atoms with van der Waals surface area (Å²) in [5.74, 6) is 2.50. The van der Waals surface area contributed by atoms with Crippen molar-refractivity contribution in [2.24, 2.45) is 5.41 Å². The van der Waals surface area contributed by atoms with Crippen molar-refractivity contribution < 1.29 is 0 Å². The molecule has 0 saturated heterocycles. The fourth-order valence-electron chi connectivity index (χ4n) is 1.41. The van der Waals surface area contributed by atoms with Crippen molar-refractivity contribution in [3.05, 3.63) is 16.5 Å². The van der Waals surface area contributed by atoms with Crippen LogP contribution in [0.1, 0.15) is 45.4 Å². The molecule has 88 valence electrons. The monoisotopic (exact) mass is 283 g/mol. The third kappa shape index (κ3) is 3.44. The van der Waals surface area contributed by atoms with Crippen molar-refractivity contribution in [2.75, 3.05) is 11.9 Å². The fourth-order valence-corrected chi connectivity index (χ4v) is 1.80. The van der Waals surface area contributed by atoms with Gasteiger partial charge in [0.05, 0.1) is 0 Å². The van der Waals surface area contributed by atoms with Crippen LogP contribution in [0.25, 0.3) is 0 Å². The van der Waals surface area contributed by atoms with Crippen LogP contribution in [0.4, 0.5) is 5.82 Å². The van der Waals surface area contributed by atoms with Gasteiger partial charge in [0, 0.05) is 18.5 Å². The van der Waals surface area contributed by atoms with Crippen molar-refractivity contribution in [1.82, 2.24) is 9.97 Å². The number of hydrogen-bond donors (Lipinski definition) is 1. The average Bonchev–Trinajstić information content (AvgIpc) is 2.95. The standard InChI is InChI=1S/C12H18BrN3/c1-12(2,3)7-14-10-6-9(13)15-11(16-10)8-4-5-8/h6,8H,4-5,7H2,1-3H3,(H,14,15,16). The molecule has 1 N–H and O–H groups in total. The third-order valence-electron chi connectivity index (χ3n) is 2.45. The number of halogens is 1. The Balaban J connectivity index is 2.08. The lowest BCUT2D eigenvalue weighted by Gasteiger charge is -2.19. The summed E-state index contributed by atoms with van der Waals surface area (Å²) in [5.41, 5.74) is 0.261. The SMILES string of the molecule is CC(C)(C)CNc1cc(Br)nc(C2CC2)n1. The van der Waals surface area contributed by atoms with E-state index in [9.17, 15) is 0 Å². The molecule has 0 aliphatic heterocycles. The average molecular weight is 284 g/mol. The molecule has 2 rings (SSSR count). The molecule has 1 aromatic rings. The second-order valence-electron chi connectivity index (χ2n) is 5.62. The highest BCUT2D eigenvalue weighted by Crippen LogP contribution is 2.38. The van der Waals surface area contributed by atoms with Crippen molar-refractivity contribution in [2.45, 2.75) is 39.5 Å². The van der Waals surface area contributed by atoms with Crippen molar-refractivity contribution in [1.29, 1.82) is 0 Å². The lowest BCUT2D eigenvalue weighted by Crippen LogP contribution is -2.19. The van der Waals surface area contributed by atoms with Gasteiger partial charge in [-0.05, 0) is 34.2 Å². The van der Waals surface area contributed by atoms with Gasteiger partial charge in [-0.25, -0.2) is 9.97 Å². The predicted octanol–water partition coefficient (Wildman–Crippen LogP) is 3.57. The first-order valence-corrected chi connectivity index (χ1v) is 6.52. The topological polar surface area (TPSA) is 37.8 Å². The summed E-state index contributed by atoms with van der Waals surface area (Å²) in [5, 5.41) is 3.37. The largest absolute Gasteiger partial charge is 0.369 e. The molecule has 16 heavy (non-hydrogen) atoms. The van der Waals surface area contributed by atoms with Crippen LogP contribution in [-0.2, 0) is 0 Å². The minimum Gasteiger partial charge on any atom is -0.369 e. The van der Waals surface area contributed by atoms with E-state index in [2.05, 4.69) is 52.0 Å². The minimum atomic E-state index is 0.261. The van der Waals surface area contributed by atoms with Crippen molar-refractivity contribution in [3.8, 4) is 0 Å². The summed E-state index contributed by atoms with van der Waals surface area (Å²) < 4.78 is 0.876. The Morgan fingerprint density at radius 3 is 2.62 bits per heavy atom. The molecule has 0 amide bonds. The van der Waals surface area contributed by atoms with Gasteiger partial charge in [0.1, 0.15) is 16.2 Å². The first kappa shape index (κ1) is 11.8. The van der Waals surface area contributed by atoms with Crippen LogP contribution in [-0.4, -0.2) is 16.5 Å². The first-order valence-electron chi connectivity index (χ1n) is 5.72. The highest BCUT2D eigenvalue weighted by Gasteiger charge is 2.27.